The Morgan fingerprint density at radius 3 is 2.28 bits per heavy atom. The summed E-state index contributed by atoms with van der Waals surface area (Å²) in [6.07, 6.45) is 0.489. The summed E-state index contributed by atoms with van der Waals surface area (Å²) >= 11 is 0. The van der Waals surface area contributed by atoms with Gasteiger partial charge in [0.25, 0.3) is 0 Å². The van der Waals surface area contributed by atoms with Crippen LogP contribution in [0.15, 0.2) is 77.1 Å². The maximum atomic E-state index is 13.8. The number of carbonyl (C=O) groups is 3. The van der Waals surface area contributed by atoms with Crippen LogP contribution in [-0.2, 0) is 28.6 Å². The van der Waals surface area contributed by atoms with Crippen molar-refractivity contribution >= 4 is 17.7 Å². The van der Waals surface area contributed by atoms with Crippen LogP contribution >= 0.6 is 0 Å². The molecule has 0 bridgehead atoms. The zero-order valence-corrected chi connectivity index (χ0v) is 21.0. The van der Waals surface area contributed by atoms with Gasteiger partial charge in [0.2, 0.25) is 0 Å². The number of carbonyl (C=O) groups excluding carboxylic acids is 3. The predicted octanol–water partition coefficient (Wildman–Crippen LogP) is 4.16. The number of allylic oxidation sites excluding steroid dienone is 3. The summed E-state index contributed by atoms with van der Waals surface area (Å²) in [5.74, 6) is -3.25. The van der Waals surface area contributed by atoms with E-state index in [1.165, 1.54) is 14.2 Å². The van der Waals surface area contributed by atoms with E-state index in [0.29, 0.717) is 23.3 Å². The molecule has 36 heavy (non-hydrogen) atoms. The predicted molar refractivity (Wildman–Crippen MR) is 135 cm³/mol. The maximum Gasteiger partial charge on any atom is 0.336 e. The van der Waals surface area contributed by atoms with Crippen LogP contribution in [0.1, 0.15) is 31.7 Å². The quantitative estimate of drug-likeness (QED) is 0.355. The van der Waals surface area contributed by atoms with Crippen LogP contribution in [0.4, 0.5) is 0 Å². The van der Waals surface area contributed by atoms with E-state index in [1.807, 2.05) is 68.4 Å². The van der Waals surface area contributed by atoms with Crippen molar-refractivity contribution in [1.29, 1.82) is 0 Å². The van der Waals surface area contributed by atoms with E-state index in [1.54, 1.807) is 0 Å². The van der Waals surface area contributed by atoms with Gasteiger partial charge in [-0.2, -0.15) is 0 Å². The molecule has 0 saturated carbocycles. The first-order valence-electron chi connectivity index (χ1n) is 12.0. The van der Waals surface area contributed by atoms with Crippen molar-refractivity contribution in [3.05, 3.63) is 82.7 Å². The van der Waals surface area contributed by atoms with Crippen molar-refractivity contribution in [2.45, 2.75) is 26.2 Å². The van der Waals surface area contributed by atoms with Gasteiger partial charge in [-0.1, -0.05) is 61.5 Å². The molecule has 2 aromatic carbocycles. The standard InChI is InChI=1S/C29H31NO6/c1-17-16-22-26(27(31)23(17)28(32)35-4)25(24(18(2)30-22)29(33)36-15-14-34-3)21-12-10-20(11-13-21)19-8-6-5-7-9-19/h5-13,17,23,25,30H,14-16H2,1-4H3/t17-,23-,25+/m1/s1. The Labute approximate surface area is 211 Å². The normalized spacial score (nSPS) is 21.6. The average Bonchev–Trinajstić information content (AvgIpc) is 2.88. The van der Waals surface area contributed by atoms with Gasteiger partial charge < -0.3 is 19.5 Å². The van der Waals surface area contributed by atoms with E-state index in [0.717, 1.165) is 22.4 Å². The van der Waals surface area contributed by atoms with E-state index in [4.69, 9.17) is 14.2 Å². The summed E-state index contributed by atoms with van der Waals surface area (Å²) < 4.78 is 15.5. The Morgan fingerprint density at radius 1 is 0.972 bits per heavy atom. The molecule has 4 rings (SSSR count). The molecule has 0 spiro atoms. The molecule has 1 heterocycles. The number of hydrogen-bond donors (Lipinski definition) is 1. The highest BCUT2D eigenvalue weighted by molar-refractivity contribution is 6.12. The molecule has 7 nitrogen and oxygen atoms in total. The minimum Gasteiger partial charge on any atom is -0.468 e. The van der Waals surface area contributed by atoms with Gasteiger partial charge in [0.05, 0.1) is 19.3 Å². The molecule has 0 aromatic heterocycles. The van der Waals surface area contributed by atoms with Gasteiger partial charge in [-0.25, -0.2) is 4.79 Å². The Hall–Kier alpha value is -3.71. The molecule has 0 saturated heterocycles. The molecule has 188 valence electrons. The largest absolute Gasteiger partial charge is 0.468 e. The molecule has 0 unspecified atom stereocenters. The molecular formula is C29H31NO6. The van der Waals surface area contributed by atoms with E-state index < -0.39 is 23.8 Å². The third-order valence-corrected chi connectivity index (χ3v) is 6.83. The van der Waals surface area contributed by atoms with Crippen molar-refractivity contribution < 1.29 is 28.6 Å². The lowest BCUT2D eigenvalue weighted by Gasteiger charge is -2.38. The van der Waals surface area contributed by atoms with Gasteiger partial charge in [-0.05, 0) is 36.0 Å². The van der Waals surface area contributed by atoms with Gasteiger partial charge in [0.15, 0.2) is 5.78 Å². The number of rotatable bonds is 7. The second-order valence-electron chi connectivity index (χ2n) is 9.15. The zero-order chi connectivity index (χ0) is 25.8. The van der Waals surface area contributed by atoms with Crippen LogP contribution in [0, 0.1) is 11.8 Å². The highest BCUT2D eigenvalue weighted by Crippen LogP contribution is 2.45. The van der Waals surface area contributed by atoms with E-state index in [2.05, 4.69) is 5.32 Å². The fourth-order valence-corrected chi connectivity index (χ4v) is 5.08. The van der Waals surface area contributed by atoms with Gasteiger partial charge in [0, 0.05) is 30.0 Å². The third-order valence-electron chi connectivity index (χ3n) is 6.83. The van der Waals surface area contributed by atoms with Crippen molar-refractivity contribution in [2.24, 2.45) is 11.8 Å². The first-order chi connectivity index (χ1) is 17.4. The lowest BCUT2D eigenvalue weighted by atomic mass is 9.69. The topological polar surface area (TPSA) is 90.9 Å². The number of benzene rings is 2. The molecule has 0 amide bonds. The molecule has 1 aliphatic carbocycles. The van der Waals surface area contributed by atoms with E-state index >= 15 is 0 Å². The number of Topliss-reactive ketones (excluding diaryl/α,β-unsaturated/α-hetero) is 1. The second-order valence-corrected chi connectivity index (χ2v) is 9.15. The summed E-state index contributed by atoms with van der Waals surface area (Å²) in [7, 11) is 2.82. The van der Waals surface area contributed by atoms with Gasteiger partial charge in [-0.15, -0.1) is 0 Å². The van der Waals surface area contributed by atoms with E-state index in [9.17, 15) is 14.4 Å². The van der Waals surface area contributed by atoms with Crippen LogP contribution in [0.3, 0.4) is 0 Å². The molecule has 1 aliphatic heterocycles. The van der Waals surface area contributed by atoms with Crippen molar-refractivity contribution in [3.63, 3.8) is 0 Å². The van der Waals surface area contributed by atoms with Crippen LogP contribution in [0.2, 0.25) is 0 Å². The SMILES string of the molecule is COCCOC(=O)C1=C(C)NC2=C(C(=O)[C@H](C(=O)OC)[C@H](C)C2)[C@H]1c1ccc(-c2ccccc2)cc1. The van der Waals surface area contributed by atoms with Crippen molar-refractivity contribution in [2.75, 3.05) is 27.4 Å². The maximum absolute atomic E-state index is 13.8. The van der Waals surface area contributed by atoms with Gasteiger partial charge in [0.1, 0.15) is 12.5 Å². The zero-order valence-electron chi connectivity index (χ0n) is 21.0. The highest BCUT2D eigenvalue weighted by atomic mass is 16.6. The number of methoxy groups -OCH3 is 2. The first kappa shape index (κ1) is 25.4. The first-order valence-corrected chi connectivity index (χ1v) is 12.0. The van der Waals surface area contributed by atoms with Crippen molar-refractivity contribution in [3.8, 4) is 11.1 Å². The molecule has 1 N–H and O–H groups in total. The molecule has 0 fully saturated rings. The second kappa shape index (κ2) is 10.9. The van der Waals surface area contributed by atoms with Crippen LogP contribution < -0.4 is 5.32 Å². The fraction of sp³-hybridized carbons (Fsp3) is 0.345. The van der Waals surface area contributed by atoms with Gasteiger partial charge in [-0.3, -0.25) is 9.59 Å². The lowest BCUT2D eigenvalue weighted by Crippen LogP contribution is -2.43. The summed E-state index contributed by atoms with van der Waals surface area (Å²) in [4.78, 5) is 39.6. The summed E-state index contributed by atoms with van der Waals surface area (Å²) in [5.41, 5.74) is 4.98. The molecule has 2 aromatic rings. The fourth-order valence-electron chi connectivity index (χ4n) is 5.08. The third kappa shape index (κ3) is 4.84. The molecule has 3 atom stereocenters. The summed E-state index contributed by atoms with van der Waals surface area (Å²) in [6.45, 7) is 4.02. The Kier molecular flexibility index (Phi) is 7.70. The van der Waals surface area contributed by atoms with Crippen LogP contribution in [-0.4, -0.2) is 45.2 Å². The lowest BCUT2D eigenvalue weighted by molar-refractivity contribution is -0.151. The average molecular weight is 490 g/mol. The number of hydrogen-bond acceptors (Lipinski definition) is 7. The van der Waals surface area contributed by atoms with Crippen molar-refractivity contribution in [1.82, 2.24) is 5.32 Å². The molecule has 7 heteroatoms. The minimum absolute atomic E-state index is 0.0907. The van der Waals surface area contributed by atoms with Crippen LogP contribution in [0.5, 0.6) is 0 Å². The highest BCUT2D eigenvalue weighted by Gasteiger charge is 2.47. The summed E-state index contributed by atoms with van der Waals surface area (Å²) in [6, 6.07) is 17.8. The smallest absolute Gasteiger partial charge is 0.336 e. The minimum atomic E-state index is -0.925. The monoisotopic (exact) mass is 489 g/mol. The van der Waals surface area contributed by atoms with Gasteiger partial charge >= 0.3 is 11.9 Å². The number of ketones is 1. The summed E-state index contributed by atoms with van der Waals surface area (Å²) in [5, 5.41) is 3.27. The number of nitrogens with one attached hydrogen (secondary N) is 1. The molecule has 0 radical (unpaired) electrons. The van der Waals surface area contributed by atoms with Crippen LogP contribution in [0.25, 0.3) is 11.1 Å². The molecular weight excluding hydrogens is 458 g/mol. The number of esters is 2. The van der Waals surface area contributed by atoms with E-state index in [-0.39, 0.29) is 24.9 Å². The Morgan fingerprint density at radius 2 is 1.64 bits per heavy atom. The number of ether oxygens (including phenoxy) is 3. The molecule has 2 aliphatic rings. The Bertz CT molecular complexity index is 1210. The Balaban J connectivity index is 1.80. The number of dihydropyridines is 1.